The Hall–Kier alpha value is -0.770. The number of hydrogen-bond acceptors (Lipinski definition) is 3. The van der Waals surface area contributed by atoms with Crippen LogP contribution in [0.2, 0.25) is 0 Å². The van der Waals surface area contributed by atoms with Gasteiger partial charge in [0.05, 0.1) is 10.9 Å². The number of allylic oxidation sites excluding steroid dienone is 1. The fourth-order valence-electron chi connectivity index (χ4n) is 3.32. The van der Waals surface area contributed by atoms with E-state index in [1.165, 1.54) is 10.6 Å². The highest BCUT2D eigenvalue weighted by Gasteiger charge is 2.41. The molecule has 4 heteroatoms. The number of carboxylic acid groups (broad SMARTS) is 1. The summed E-state index contributed by atoms with van der Waals surface area (Å²) in [5, 5.41) is 10.4. The van der Waals surface area contributed by atoms with Crippen molar-refractivity contribution in [2.24, 2.45) is 16.3 Å². The predicted molar refractivity (Wildman–Crippen MR) is 69.2 cm³/mol. The Morgan fingerprint density at radius 1 is 1.59 bits per heavy atom. The first kappa shape index (κ1) is 11.3. The second-order valence-electron chi connectivity index (χ2n) is 5.44. The molecule has 0 aromatic rings. The topological polar surface area (TPSA) is 49.7 Å². The zero-order valence-corrected chi connectivity index (χ0v) is 10.6. The van der Waals surface area contributed by atoms with Gasteiger partial charge in [0.1, 0.15) is 0 Å². The first-order chi connectivity index (χ1) is 8.19. The van der Waals surface area contributed by atoms with Gasteiger partial charge >= 0.3 is 5.97 Å². The largest absolute Gasteiger partial charge is 0.481 e. The van der Waals surface area contributed by atoms with E-state index in [4.69, 9.17) is 0 Å². The van der Waals surface area contributed by atoms with Gasteiger partial charge in [0.15, 0.2) is 0 Å². The third kappa shape index (κ3) is 2.03. The molecule has 1 saturated carbocycles. The number of aliphatic carboxylic acids is 1. The number of nitrogens with zero attached hydrogens (tertiary/aromatic N) is 1. The van der Waals surface area contributed by atoms with Gasteiger partial charge in [-0.05, 0) is 37.7 Å². The third-order valence-electron chi connectivity index (χ3n) is 4.20. The van der Waals surface area contributed by atoms with Crippen molar-refractivity contribution in [2.45, 2.75) is 38.5 Å². The number of aliphatic imine (C=N–C) groups is 1. The minimum Gasteiger partial charge on any atom is -0.481 e. The molecule has 3 aliphatic rings. The maximum absolute atomic E-state index is 11.1. The highest BCUT2D eigenvalue weighted by Crippen LogP contribution is 2.49. The van der Waals surface area contributed by atoms with Crippen molar-refractivity contribution in [3.63, 3.8) is 0 Å². The Morgan fingerprint density at radius 2 is 2.47 bits per heavy atom. The summed E-state index contributed by atoms with van der Waals surface area (Å²) in [7, 11) is 0. The average molecular weight is 251 g/mol. The molecule has 0 saturated heterocycles. The zero-order chi connectivity index (χ0) is 11.9. The van der Waals surface area contributed by atoms with Gasteiger partial charge in [-0.25, -0.2) is 0 Å². The average Bonchev–Trinajstić information content (AvgIpc) is 2.76. The van der Waals surface area contributed by atoms with Crippen LogP contribution in [0.5, 0.6) is 0 Å². The SMILES string of the molecule is O=C(O)C1CCCC2(C=NC3=C(CCS3)C2)C1. The molecule has 1 spiro atoms. The van der Waals surface area contributed by atoms with Crippen LogP contribution in [0.4, 0.5) is 0 Å². The fourth-order valence-corrected chi connectivity index (χ4v) is 4.37. The van der Waals surface area contributed by atoms with Crippen LogP contribution in [0.15, 0.2) is 15.6 Å². The number of carbonyl (C=O) groups is 1. The van der Waals surface area contributed by atoms with E-state index in [0.29, 0.717) is 0 Å². The van der Waals surface area contributed by atoms with E-state index in [0.717, 1.165) is 44.3 Å². The summed E-state index contributed by atoms with van der Waals surface area (Å²) in [5.74, 6) is 0.366. The molecule has 1 N–H and O–H groups in total. The van der Waals surface area contributed by atoms with E-state index in [1.54, 1.807) is 0 Å². The molecule has 0 aromatic carbocycles. The molecule has 0 radical (unpaired) electrons. The van der Waals surface area contributed by atoms with Crippen molar-refractivity contribution >= 4 is 23.9 Å². The zero-order valence-electron chi connectivity index (χ0n) is 9.82. The molecular formula is C13H17NO2S. The first-order valence-electron chi connectivity index (χ1n) is 6.31. The molecule has 2 aliphatic heterocycles. The Labute approximate surface area is 105 Å². The van der Waals surface area contributed by atoms with Gasteiger partial charge in [0.2, 0.25) is 0 Å². The summed E-state index contributed by atoms with van der Waals surface area (Å²) in [5.41, 5.74) is 1.54. The molecular weight excluding hydrogens is 234 g/mol. The summed E-state index contributed by atoms with van der Waals surface area (Å²) in [6.45, 7) is 0. The Bertz CT molecular complexity index is 416. The second kappa shape index (κ2) is 4.16. The van der Waals surface area contributed by atoms with Gasteiger partial charge in [0, 0.05) is 17.4 Å². The van der Waals surface area contributed by atoms with Crippen LogP contribution in [0.3, 0.4) is 0 Å². The van der Waals surface area contributed by atoms with Crippen molar-refractivity contribution in [2.75, 3.05) is 5.75 Å². The summed E-state index contributed by atoms with van der Waals surface area (Å²) in [6, 6.07) is 0. The van der Waals surface area contributed by atoms with E-state index < -0.39 is 5.97 Å². The molecule has 3 nitrogen and oxygen atoms in total. The third-order valence-corrected chi connectivity index (χ3v) is 5.27. The lowest BCUT2D eigenvalue weighted by molar-refractivity contribution is -0.143. The number of thioether (sulfide) groups is 1. The highest BCUT2D eigenvalue weighted by molar-refractivity contribution is 8.03. The quantitative estimate of drug-likeness (QED) is 0.779. The van der Waals surface area contributed by atoms with Gasteiger partial charge in [-0.1, -0.05) is 6.42 Å². The van der Waals surface area contributed by atoms with E-state index in [2.05, 4.69) is 11.2 Å². The van der Waals surface area contributed by atoms with Crippen LogP contribution in [0.25, 0.3) is 0 Å². The normalized spacial score (nSPS) is 36.4. The van der Waals surface area contributed by atoms with Gasteiger partial charge in [-0.2, -0.15) is 0 Å². The molecule has 1 fully saturated rings. The van der Waals surface area contributed by atoms with Gasteiger partial charge in [-0.15, -0.1) is 11.8 Å². The van der Waals surface area contributed by atoms with Crippen molar-refractivity contribution in [1.82, 2.24) is 0 Å². The summed E-state index contributed by atoms with van der Waals surface area (Å²) < 4.78 is 0. The monoisotopic (exact) mass is 251 g/mol. The van der Waals surface area contributed by atoms with E-state index in [1.807, 2.05) is 11.8 Å². The van der Waals surface area contributed by atoms with Crippen molar-refractivity contribution in [3.8, 4) is 0 Å². The summed E-state index contributed by atoms with van der Waals surface area (Å²) in [6.07, 6.45) is 8.04. The lowest BCUT2D eigenvalue weighted by Crippen LogP contribution is -2.35. The van der Waals surface area contributed by atoms with Crippen molar-refractivity contribution < 1.29 is 9.90 Å². The minimum absolute atomic E-state index is 0.0606. The minimum atomic E-state index is -0.627. The molecule has 2 heterocycles. The lowest BCUT2D eigenvalue weighted by atomic mass is 9.66. The van der Waals surface area contributed by atoms with E-state index in [9.17, 15) is 9.90 Å². The first-order valence-corrected chi connectivity index (χ1v) is 7.30. The highest BCUT2D eigenvalue weighted by atomic mass is 32.2. The van der Waals surface area contributed by atoms with E-state index >= 15 is 0 Å². The molecule has 0 aromatic heterocycles. The number of carboxylic acids is 1. The maximum Gasteiger partial charge on any atom is 0.306 e. The van der Waals surface area contributed by atoms with Gasteiger partial charge in [0.25, 0.3) is 0 Å². The number of hydrogen-bond donors (Lipinski definition) is 1. The predicted octanol–water partition coefficient (Wildman–Crippen LogP) is 3.07. The molecule has 92 valence electrons. The Kier molecular flexibility index (Phi) is 2.77. The number of rotatable bonds is 1. The van der Waals surface area contributed by atoms with Crippen molar-refractivity contribution in [3.05, 3.63) is 10.6 Å². The Morgan fingerprint density at radius 3 is 3.29 bits per heavy atom. The summed E-state index contributed by atoms with van der Waals surface area (Å²) in [4.78, 5) is 15.7. The van der Waals surface area contributed by atoms with Crippen LogP contribution in [0.1, 0.15) is 38.5 Å². The standard InChI is InChI=1S/C13H17NO2S/c15-12(16)10-2-1-4-13(7-10)6-9-3-5-17-11(9)14-8-13/h8,10H,1-7H2,(H,15,16). The van der Waals surface area contributed by atoms with Crippen LogP contribution in [0, 0.1) is 11.3 Å². The molecule has 1 aliphatic carbocycles. The summed E-state index contributed by atoms with van der Waals surface area (Å²) >= 11 is 1.85. The molecule has 0 bridgehead atoms. The molecule has 2 unspecified atom stereocenters. The molecule has 2 atom stereocenters. The van der Waals surface area contributed by atoms with Gasteiger partial charge in [-0.3, -0.25) is 9.79 Å². The molecule has 3 rings (SSSR count). The maximum atomic E-state index is 11.1. The molecule has 17 heavy (non-hydrogen) atoms. The van der Waals surface area contributed by atoms with E-state index in [-0.39, 0.29) is 11.3 Å². The Balaban J connectivity index is 1.79. The van der Waals surface area contributed by atoms with Crippen LogP contribution >= 0.6 is 11.8 Å². The van der Waals surface area contributed by atoms with Crippen molar-refractivity contribution in [1.29, 1.82) is 0 Å². The van der Waals surface area contributed by atoms with Crippen LogP contribution < -0.4 is 0 Å². The van der Waals surface area contributed by atoms with Gasteiger partial charge < -0.3 is 5.11 Å². The van der Waals surface area contributed by atoms with Crippen LogP contribution in [-0.4, -0.2) is 23.0 Å². The smallest absolute Gasteiger partial charge is 0.306 e. The fraction of sp³-hybridized carbons (Fsp3) is 0.692. The lowest BCUT2D eigenvalue weighted by Gasteiger charge is -2.38. The molecule has 0 amide bonds. The second-order valence-corrected chi connectivity index (χ2v) is 6.52. The van der Waals surface area contributed by atoms with Crippen LogP contribution in [-0.2, 0) is 4.79 Å².